The maximum Gasteiger partial charge on any atom is 0.0231 e. The largest absolute Gasteiger partial charge is 0.0648 e. The van der Waals surface area contributed by atoms with Crippen molar-refractivity contribution in [2.24, 2.45) is 0 Å². The number of hydrogen-bond acceptors (Lipinski definition) is 0. The van der Waals surface area contributed by atoms with Gasteiger partial charge in [-0.2, -0.15) is 0 Å². The first-order valence-electron chi connectivity index (χ1n) is 4.80. The van der Waals surface area contributed by atoms with Gasteiger partial charge in [0.25, 0.3) is 0 Å². The van der Waals surface area contributed by atoms with Gasteiger partial charge in [-0.3, -0.25) is 0 Å². The van der Waals surface area contributed by atoms with Crippen molar-refractivity contribution in [3.05, 3.63) is 35.4 Å². The molecule has 1 aromatic rings. The van der Waals surface area contributed by atoms with Gasteiger partial charge in [-0.05, 0) is 24.8 Å². The van der Waals surface area contributed by atoms with Crippen molar-refractivity contribution in [2.45, 2.75) is 33.1 Å². The van der Waals surface area contributed by atoms with Gasteiger partial charge in [-0.25, -0.2) is 0 Å². The highest BCUT2D eigenvalue weighted by Gasteiger charge is 2.00. The molecule has 0 aromatic heterocycles. The molecule has 60 valence electrons. The molecule has 0 amide bonds. The average molecular weight is 149 g/mol. The lowest BCUT2D eigenvalue weighted by molar-refractivity contribution is 0.733. The maximum absolute atomic E-state index is 7.12. The molecule has 1 aromatic carbocycles. The van der Waals surface area contributed by atoms with Gasteiger partial charge in [-0.15, -0.1) is 0 Å². The Labute approximate surface area is 70.7 Å². The molecule has 0 fully saturated rings. The summed E-state index contributed by atoms with van der Waals surface area (Å²) in [5.41, 5.74) is 2.66. The van der Waals surface area contributed by atoms with Gasteiger partial charge in [0.05, 0.1) is 0 Å². The van der Waals surface area contributed by atoms with Gasteiger partial charge in [0.2, 0.25) is 0 Å². The van der Waals surface area contributed by atoms with Crippen LogP contribution in [-0.2, 0) is 0 Å². The molecule has 0 aliphatic carbocycles. The zero-order chi connectivity index (χ0) is 8.97. The van der Waals surface area contributed by atoms with Crippen LogP contribution in [0, 0.1) is 6.92 Å². The molecule has 0 N–H and O–H groups in total. The molecular formula is C11H16. The Morgan fingerprint density at radius 3 is 2.55 bits per heavy atom. The molecule has 0 radical (unpaired) electrons. The van der Waals surface area contributed by atoms with Crippen LogP contribution in [-0.4, -0.2) is 0 Å². The first-order chi connectivity index (χ1) is 5.74. The van der Waals surface area contributed by atoms with Gasteiger partial charge in [0.1, 0.15) is 0 Å². The smallest absolute Gasteiger partial charge is 0.0231 e. The Bertz CT molecular complexity index is 225. The summed E-state index contributed by atoms with van der Waals surface area (Å²) >= 11 is 0. The molecule has 0 nitrogen and oxygen atoms in total. The van der Waals surface area contributed by atoms with E-state index >= 15 is 0 Å². The predicted molar refractivity (Wildman–Crippen MR) is 49.9 cm³/mol. The van der Waals surface area contributed by atoms with Gasteiger partial charge in [-0.1, -0.05) is 43.7 Å². The van der Waals surface area contributed by atoms with E-state index < -0.39 is 0 Å². The molecular weight excluding hydrogens is 132 g/mol. The van der Waals surface area contributed by atoms with E-state index in [1.165, 1.54) is 11.1 Å². The van der Waals surface area contributed by atoms with E-state index in [9.17, 15) is 0 Å². The van der Waals surface area contributed by atoms with Crippen molar-refractivity contribution in [1.29, 1.82) is 0 Å². The highest BCUT2D eigenvalue weighted by Crippen LogP contribution is 2.18. The summed E-state index contributed by atoms with van der Waals surface area (Å²) in [6, 6.07) is 8.59. The summed E-state index contributed by atoms with van der Waals surface area (Å²) in [5, 5.41) is 0. The van der Waals surface area contributed by atoms with E-state index in [1.54, 1.807) is 0 Å². The third kappa shape index (κ3) is 2.07. The van der Waals surface area contributed by atoms with Gasteiger partial charge in [0, 0.05) is 1.37 Å². The SMILES string of the molecule is [2H]CC[C@H](C)c1ccc(C)cc1. The molecule has 1 atom stereocenters. The molecule has 0 aliphatic heterocycles. The lowest BCUT2D eigenvalue weighted by atomic mass is 9.98. The number of benzene rings is 1. The number of hydrogen-bond donors (Lipinski definition) is 0. The fraction of sp³-hybridized carbons (Fsp3) is 0.455. The molecule has 0 spiro atoms. The van der Waals surface area contributed by atoms with Crippen molar-refractivity contribution in [2.75, 3.05) is 0 Å². The fourth-order valence-corrected chi connectivity index (χ4v) is 1.06. The Hall–Kier alpha value is -0.780. The molecule has 11 heavy (non-hydrogen) atoms. The van der Waals surface area contributed by atoms with E-state index in [-0.39, 0.29) is 0 Å². The lowest BCUT2D eigenvalue weighted by Gasteiger charge is -2.07. The van der Waals surface area contributed by atoms with Crippen LogP contribution in [0.4, 0.5) is 0 Å². The zero-order valence-electron chi connectivity index (χ0n) is 8.30. The standard InChI is InChI=1S/C11H16/c1-4-10(3)11-7-5-9(2)6-8-11/h5-8,10H,4H2,1-3H3/t10-/m0/s1/i1D. The van der Waals surface area contributed by atoms with Crippen molar-refractivity contribution < 1.29 is 1.37 Å². The summed E-state index contributed by atoms with van der Waals surface area (Å²) in [5.74, 6) is 0.531. The molecule has 0 bridgehead atoms. The molecule has 0 heterocycles. The van der Waals surface area contributed by atoms with Crippen LogP contribution >= 0.6 is 0 Å². The van der Waals surface area contributed by atoms with Crippen LogP contribution in [0.3, 0.4) is 0 Å². The average Bonchev–Trinajstić information content (AvgIpc) is 2.06. The second-order valence-corrected chi connectivity index (χ2v) is 3.10. The van der Waals surface area contributed by atoms with Gasteiger partial charge < -0.3 is 0 Å². The fourth-order valence-electron chi connectivity index (χ4n) is 1.06. The van der Waals surface area contributed by atoms with Crippen LogP contribution < -0.4 is 0 Å². The molecule has 0 saturated carbocycles. The van der Waals surface area contributed by atoms with E-state index in [4.69, 9.17) is 1.37 Å². The van der Waals surface area contributed by atoms with Crippen LogP contribution in [0.15, 0.2) is 24.3 Å². The lowest BCUT2D eigenvalue weighted by Crippen LogP contribution is -1.89. The van der Waals surface area contributed by atoms with Gasteiger partial charge >= 0.3 is 0 Å². The van der Waals surface area contributed by atoms with E-state index in [1.807, 2.05) is 0 Å². The minimum Gasteiger partial charge on any atom is -0.0648 e. The molecule has 0 saturated heterocycles. The summed E-state index contributed by atoms with van der Waals surface area (Å²) < 4.78 is 7.12. The second-order valence-electron chi connectivity index (χ2n) is 3.10. The highest BCUT2D eigenvalue weighted by atomic mass is 14.0. The first-order valence-corrected chi connectivity index (χ1v) is 4.10. The Morgan fingerprint density at radius 1 is 1.36 bits per heavy atom. The van der Waals surface area contributed by atoms with Crippen LogP contribution in [0.25, 0.3) is 0 Å². The quantitative estimate of drug-likeness (QED) is 0.603. The summed E-state index contributed by atoms with van der Waals surface area (Å²) in [4.78, 5) is 0. The molecule has 0 heteroatoms. The zero-order valence-corrected chi connectivity index (χ0v) is 7.30. The monoisotopic (exact) mass is 149 g/mol. The first kappa shape index (κ1) is 6.90. The summed E-state index contributed by atoms with van der Waals surface area (Å²) in [6.45, 7) is 4.80. The normalized spacial score (nSPS) is 14.2. The summed E-state index contributed by atoms with van der Waals surface area (Å²) in [7, 11) is 0. The Balaban J connectivity index is 2.68. The highest BCUT2D eigenvalue weighted by molar-refractivity contribution is 5.23. The number of rotatable bonds is 2. The van der Waals surface area contributed by atoms with Crippen molar-refractivity contribution in [1.82, 2.24) is 0 Å². The Morgan fingerprint density at radius 2 is 2.00 bits per heavy atom. The number of aryl methyl sites for hydroxylation is 1. The predicted octanol–water partition coefficient (Wildman–Crippen LogP) is 3.51. The topological polar surface area (TPSA) is 0 Å². The van der Waals surface area contributed by atoms with Crippen LogP contribution in [0.1, 0.15) is 38.7 Å². The second kappa shape index (κ2) is 3.56. The molecule has 0 unspecified atom stereocenters. The van der Waals surface area contributed by atoms with E-state index in [0.29, 0.717) is 12.8 Å². The molecule has 1 rings (SSSR count). The molecule has 0 aliphatic rings. The minimum absolute atomic E-state index is 0.523. The minimum atomic E-state index is 0.523. The van der Waals surface area contributed by atoms with Crippen molar-refractivity contribution in [3.63, 3.8) is 0 Å². The van der Waals surface area contributed by atoms with E-state index in [0.717, 1.165) is 6.42 Å². The Kier molecular flexibility index (Phi) is 2.24. The van der Waals surface area contributed by atoms with Crippen LogP contribution in [0.2, 0.25) is 0 Å². The third-order valence-corrected chi connectivity index (χ3v) is 2.08. The van der Waals surface area contributed by atoms with E-state index in [2.05, 4.69) is 38.1 Å². The van der Waals surface area contributed by atoms with Crippen molar-refractivity contribution in [3.8, 4) is 0 Å². The summed E-state index contributed by atoms with van der Waals surface area (Å²) in [6.07, 6.45) is 0.961. The van der Waals surface area contributed by atoms with Gasteiger partial charge in [0.15, 0.2) is 0 Å². The van der Waals surface area contributed by atoms with Crippen LogP contribution in [0.5, 0.6) is 0 Å². The maximum atomic E-state index is 7.12. The van der Waals surface area contributed by atoms with Crippen molar-refractivity contribution >= 4 is 0 Å². The third-order valence-electron chi connectivity index (χ3n) is 2.08.